The molecule has 2 heterocycles. The molecule has 3 rings (SSSR count). The molecule has 0 spiro atoms. The summed E-state index contributed by atoms with van der Waals surface area (Å²) in [7, 11) is -2.41. The molecule has 0 aliphatic rings. The number of sulfonamides is 1. The lowest BCUT2D eigenvalue weighted by Gasteiger charge is -2.09. The second kappa shape index (κ2) is 9.11. The topological polar surface area (TPSA) is 123 Å². The summed E-state index contributed by atoms with van der Waals surface area (Å²) < 4.78 is 32.0. The van der Waals surface area contributed by atoms with E-state index in [0.29, 0.717) is 11.3 Å². The molecule has 2 N–H and O–H groups in total. The van der Waals surface area contributed by atoms with Gasteiger partial charge in [-0.15, -0.1) is 22.6 Å². The van der Waals surface area contributed by atoms with Gasteiger partial charge in [-0.25, -0.2) is 8.42 Å². The Kier molecular flexibility index (Phi) is 6.85. The van der Waals surface area contributed by atoms with Crippen molar-refractivity contribution in [1.29, 1.82) is 0 Å². The lowest BCUT2D eigenvalue weighted by Crippen LogP contribution is -2.15. The summed E-state index contributed by atoms with van der Waals surface area (Å²) in [6, 6.07) is 11.9. The number of rotatable bonds is 6. The zero-order valence-electron chi connectivity index (χ0n) is 14.6. The highest BCUT2D eigenvalue weighted by atomic mass is 35.5. The van der Waals surface area contributed by atoms with Crippen LogP contribution in [0.25, 0.3) is 0 Å². The van der Waals surface area contributed by atoms with Gasteiger partial charge < -0.3 is 10.1 Å². The van der Waals surface area contributed by atoms with Crippen LogP contribution in [0.3, 0.4) is 0 Å². The molecule has 0 aliphatic carbocycles. The van der Waals surface area contributed by atoms with Gasteiger partial charge in [-0.2, -0.15) is 0 Å². The van der Waals surface area contributed by atoms with Gasteiger partial charge in [-0.3, -0.25) is 14.5 Å². The Labute approximate surface area is 167 Å². The summed E-state index contributed by atoms with van der Waals surface area (Å²) in [5.74, 6) is -0.0123. The number of aromatic nitrogens is 3. The number of carbonyl (C=O) groups excluding carboxylic acids is 1. The third-order valence-corrected chi connectivity index (χ3v) is 4.80. The first-order valence-electron chi connectivity index (χ1n) is 7.70. The van der Waals surface area contributed by atoms with Crippen molar-refractivity contribution in [2.24, 2.45) is 0 Å². The SMILES string of the molecule is COc1ccc(NS(=O)(=O)c2ccc(NC(=O)c3cccnc3)cc2)nn1.Cl. The van der Waals surface area contributed by atoms with Gasteiger partial charge >= 0.3 is 0 Å². The lowest BCUT2D eigenvalue weighted by atomic mass is 10.2. The Morgan fingerprint density at radius 3 is 2.36 bits per heavy atom. The van der Waals surface area contributed by atoms with Crippen LogP contribution in [0.15, 0.2) is 65.8 Å². The average molecular weight is 422 g/mol. The second-order valence-corrected chi connectivity index (χ2v) is 6.97. The van der Waals surface area contributed by atoms with Crippen LogP contribution in [0.4, 0.5) is 11.5 Å². The number of carbonyl (C=O) groups is 1. The van der Waals surface area contributed by atoms with Crippen molar-refractivity contribution in [1.82, 2.24) is 15.2 Å². The van der Waals surface area contributed by atoms with E-state index in [0.717, 1.165) is 0 Å². The van der Waals surface area contributed by atoms with Gasteiger partial charge in [0.05, 0.1) is 17.6 Å². The number of halogens is 1. The summed E-state index contributed by atoms with van der Waals surface area (Å²) in [6.07, 6.45) is 3.00. The molecule has 9 nitrogen and oxygen atoms in total. The Bertz CT molecular complexity index is 1030. The predicted molar refractivity (Wildman–Crippen MR) is 105 cm³/mol. The van der Waals surface area contributed by atoms with E-state index in [-0.39, 0.29) is 34.9 Å². The highest BCUT2D eigenvalue weighted by molar-refractivity contribution is 7.92. The van der Waals surface area contributed by atoms with E-state index in [1.807, 2.05) is 0 Å². The fraction of sp³-hybridized carbons (Fsp3) is 0.0588. The predicted octanol–water partition coefficient (Wildman–Crippen LogP) is 2.36. The summed E-state index contributed by atoms with van der Waals surface area (Å²) >= 11 is 0. The maximum atomic E-state index is 12.4. The average Bonchev–Trinajstić information content (AvgIpc) is 2.69. The number of nitrogens with one attached hydrogen (secondary N) is 2. The van der Waals surface area contributed by atoms with Crippen molar-refractivity contribution in [2.75, 3.05) is 17.1 Å². The van der Waals surface area contributed by atoms with E-state index < -0.39 is 10.0 Å². The van der Waals surface area contributed by atoms with E-state index in [4.69, 9.17) is 4.74 Å². The largest absolute Gasteiger partial charge is 0.480 e. The second-order valence-electron chi connectivity index (χ2n) is 5.29. The zero-order valence-corrected chi connectivity index (χ0v) is 16.2. The first-order valence-corrected chi connectivity index (χ1v) is 9.18. The number of nitrogens with zero attached hydrogens (tertiary/aromatic N) is 3. The fourth-order valence-corrected chi connectivity index (χ4v) is 3.09. The summed E-state index contributed by atoms with van der Waals surface area (Å²) in [5.41, 5.74) is 0.848. The van der Waals surface area contributed by atoms with Gasteiger partial charge in [0.2, 0.25) is 5.88 Å². The van der Waals surface area contributed by atoms with Crippen molar-refractivity contribution in [3.63, 3.8) is 0 Å². The highest BCUT2D eigenvalue weighted by Gasteiger charge is 2.15. The molecule has 0 unspecified atom stereocenters. The zero-order chi connectivity index (χ0) is 19.3. The third kappa shape index (κ3) is 5.15. The molecule has 0 aliphatic heterocycles. The number of amides is 1. The van der Waals surface area contributed by atoms with Crippen LogP contribution in [-0.4, -0.2) is 36.6 Å². The van der Waals surface area contributed by atoms with Crippen molar-refractivity contribution < 1.29 is 17.9 Å². The molecule has 0 fully saturated rings. The van der Waals surface area contributed by atoms with Crippen LogP contribution >= 0.6 is 12.4 Å². The van der Waals surface area contributed by atoms with E-state index in [2.05, 4.69) is 25.2 Å². The monoisotopic (exact) mass is 421 g/mol. The summed E-state index contributed by atoms with van der Waals surface area (Å²) in [4.78, 5) is 16.0. The Balaban J connectivity index is 0.00000280. The number of pyridine rings is 1. The Morgan fingerprint density at radius 1 is 1.04 bits per heavy atom. The third-order valence-electron chi connectivity index (χ3n) is 3.43. The Morgan fingerprint density at radius 2 is 1.79 bits per heavy atom. The molecule has 0 saturated carbocycles. The molecule has 1 amide bonds. The van der Waals surface area contributed by atoms with Crippen LogP contribution in [-0.2, 0) is 10.0 Å². The minimum atomic E-state index is -3.85. The summed E-state index contributed by atoms with van der Waals surface area (Å²) in [5, 5.41) is 10.1. The van der Waals surface area contributed by atoms with E-state index in [9.17, 15) is 13.2 Å². The van der Waals surface area contributed by atoms with Crippen LogP contribution in [0.5, 0.6) is 5.88 Å². The van der Waals surface area contributed by atoms with Gasteiger partial charge in [0.1, 0.15) is 0 Å². The summed E-state index contributed by atoms with van der Waals surface area (Å²) in [6.45, 7) is 0. The standard InChI is InChI=1S/C17H15N5O4S.ClH/c1-26-16-9-8-15(20-21-16)22-27(24,25)14-6-4-13(5-7-14)19-17(23)12-3-2-10-18-11-12;/h2-11H,1H3,(H,19,23)(H,20,22);1H. The number of ether oxygens (including phenoxy) is 1. The Hall–Kier alpha value is -3.24. The smallest absolute Gasteiger partial charge is 0.263 e. The molecule has 146 valence electrons. The van der Waals surface area contributed by atoms with Crippen LogP contribution < -0.4 is 14.8 Å². The minimum absolute atomic E-state index is 0. The first-order chi connectivity index (χ1) is 13.0. The maximum absolute atomic E-state index is 12.4. The molecule has 11 heteroatoms. The number of hydrogen-bond donors (Lipinski definition) is 2. The van der Waals surface area contributed by atoms with Crippen molar-refractivity contribution >= 4 is 39.8 Å². The number of anilines is 2. The van der Waals surface area contributed by atoms with Crippen molar-refractivity contribution in [3.05, 3.63) is 66.5 Å². The molecule has 0 atom stereocenters. The number of benzene rings is 1. The first kappa shape index (κ1) is 21.1. The molecule has 1 aromatic carbocycles. The van der Waals surface area contributed by atoms with Crippen LogP contribution in [0.2, 0.25) is 0 Å². The lowest BCUT2D eigenvalue weighted by molar-refractivity contribution is 0.102. The van der Waals surface area contributed by atoms with Gasteiger partial charge in [0.25, 0.3) is 15.9 Å². The molecular formula is C17H16ClN5O4S. The van der Waals surface area contributed by atoms with E-state index >= 15 is 0 Å². The molecule has 2 aromatic heterocycles. The fourth-order valence-electron chi connectivity index (χ4n) is 2.10. The van der Waals surface area contributed by atoms with Crippen LogP contribution in [0, 0.1) is 0 Å². The molecule has 3 aromatic rings. The van der Waals surface area contributed by atoms with E-state index in [1.54, 1.807) is 18.3 Å². The van der Waals surface area contributed by atoms with Crippen molar-refractivity contribution in [3.8, 4) is 5.88 Å². The normalized spacial score (nSPS) is 10.5. The molecular weight excluding hydrogens is 406 g/mol. The van der Waals surface area contributed by atoms with Gasteiger partial charge in [0.15, 0.2) is 5.82 Å². The molecule has 0 radical (unpaired) electrons. The minimum Gasteiger partial charge on any atom is -0.480 e. The van der Waals surface area contributed by atoms with Gasteiger partial charge in [-0.1, -0.05) is 0 Å². The molecule has 0 bridgehead atoms. The van der Waals surface area contributed by atoms with Crippen molar-refractivity contribution in [2.45, 2.75) is 4.90 Å². The quantitative estimate of drug-likeness (QED) is 0.626. The van der Waals surface area contributed by atoms with Gasteiger partial charge in [-0.05, 0) is 42.5 Å². The van der Waals surface area contributed by atoms with Gasteiger partial charge in [0, 0.05) is 24.1 Å². The number of hydrogen-bond acceptors (Lipinski definition) is 7. The van der Waals surface area contributed by atoms with Crippen LogP contribution in [0.1, 0.15) is 10.4 Å². The number of methoxy groups -OCH3 is 1. The van der Waals surface area contributed by atoms with E-state index in [1.165, 1.54) is 49.7 Å². The highest BCUT2D eigenvalue weighted by Crippen LogP contribution is 2.18. The molecule has 28 heavy (non-hydrogen) atoms. The maximum Gasteiger partial charge on any atom is 0.263 e. The molecule has 0 saturated heterocycles.